The Kier molecular flexibility index (Phi) is 11.8. The Morgan fingerprint density at radius 2 is 1.65 bits per heavy atom. The molecule has 2 aromatic heterocycles. The molecule has 262 valence electrons. The predicted octanol–water partition coefficient (Wildman–Crippen LogP) is 8.00. The number of ether oxygens (including phenoxy) is 2. The van der Waals surface area contributed by atoms with Gasteiger partial charge in [0.25, 0.3) is 5.91 Å². The molecule has 0 spiro atoms. The molecule has 3 aromatic rings. The second kappa shape index (κ2) is 15.4. The van der Waals surface area contributed by atoms with Crippen molar-refractivity contribution in [2.45, 2.75) is 98.3 Å². The third kappa shape index (κ3) is 9.71. The summed E-state index contributed by atoms with van der Waals surface area (Å²) >= 11 is 0. The van der Waals surface area contributed by atoms with Crippen molar-refractivity contribution in [3.8, 4) is 0 Å². The lowest BCUT2D eigenvalue weighted by molar-refractivity contribution is 0.0182. The topological polar surface area (TPSA) is 120 Å². The van der Waals surface area contributed by atoms with E-state index < -0.39 is 17.3 Å². The lowest BCUT2D eigenvalue weighted by Gasteiger charge is -2.36. The monoisotopic (exact) mass is 662 g/mol. The highest BCUT2D eigenvalue weighted by molar-refractivity contribution is 6.05. The molecule has 2 N–H and O–H groups in total. The molecule has 1 unspecified atom stereocenters. The number of aromatic nitrogens is 2. The first-order valence-electron chi connectivity index (χ1n) is 17.2. The van der Waals surface area contributed by atoms with E-state index in [1.807, 2.05) is 61.5 Å². The normalized spacial score (nSPS) is 17.4. The van der Waals surface area contributed by atoms with Gasteiger partial charge in [-0.2, -0.15) is 0 Å². The van der Waals surface area contributed by atoms with Gasteiger partial charge in [-0.05, 0) is 111 Å². The maximum Gasteiger partial charge on any atom is 0.414 e. The number of hydrogen-bond donors (Lipinski definition) is 2. The molecule has 11 nitrogen and oxygen atoms in total. The van der Waals surface area contributed by atoms with Gasteiger partial charge >= 0.3 is 12.2 Å². The van der Waals surface area contributed by atoms with Gasteiger partial charge in [0, 0.05) is 60.3 Å². The number of amides is 3. The number of benzene rings is 1. The van der Waals surface area contributed by atoms with Crippen LogP contribution in [0.25, 0.3) is 10.9 Å². The van der Waals surface area contributed by atoms with Crippen molar-refractivity contribution >= 4 is 40.5 Å². The molecular weight excluding hydrogens is 608 g/mol. The molecule has 0 saturated carbocycles. The summed E-state index contributed by atoms with van der Waals surface area (Å²) in [6.45, 7) is 17.6. The number of pyridine rings is 1. The first-order chi connectivity index (χ1) is 22.6. The minimum atomic E-state index is -0.695. The van der Waals surface area contributed by atoms with Crippen LogP contribution in [0.4, 0.5) is 21.1 Å². The van der Waals surface area contributed by atoms with Gasteiger partial charge in [-0.3, -0.25) is 14.6 Å². The number of nitrogens with one attached hydrogen (secondary N) is 2. The molecule has 0 bridgehead atoms. The highest BCUT2D eigenvalue weighted by Crippen LogP contribution is 2.32. The summed E-state index contributed by atoms with van der Waals surface area (Å²) < 4.78 is 11.3. The number of aromatic amines is 1. The van der Waals surface area contributed by atoms with Gasteiger partial charge < -0.3 is 24.7 Å². The van der Waals surface area contributed by atoms with Crippen LogP contribution in [-0.4, -0.2) is 82.3 Å². The van der Waals surface area contributed by atoms with Gasteiger partial charge in [0.05, 0.1) is 5.52 Å². The maximum atomic E-state index is 13.5. The summed E-state index contributed by atoms with van der Waals surface area (Å²) in [5.74, 6) is 0.247. The van der Waals surface area contributed by atoms with Crippen molar-refractivity contribution in [2.75, 3.05) is 43.4 Å². The van der Waals surface area contributed by atoms with E-state index in [1.54, 1.807) is 40.3 Å². The van der Waals surface area contributed by atoms with Crippen LogP contribution >= 0.6 is 0 Å². The largest absolute Gasteiger partial charge is 0.444 e. The van der Waals surface area contributed by atoms with Gasteiger partial charge in [0.15, 0.2) is 0 Å². The number of nitrogens with zero attached hydrogens (tertiary/aromatic N) is 4. The SMILES string of the molecule is CC.CN1CCCC1c1cc2cnc(NC(=O)c3cccc(N(CC4CCN(C(=O)OC(C)(C)C)CC4)C(=O)OC(C)(C)C)c3)cc2[nH]1. The molecule has 2 fully saturated rings. The number of carbonyl (C=O) groups is 3. The van der Waals surface area contributed by atoms with Crippen LogP contribution in [-0.2, 0) is 9.47 Å². The van der Waals surface area contributed by atoms with E-state index in [4.69, 9.17) is 9.47 Å². The van der Waals surface area contributed by atoms with E-state index in [1.165, 1.54) is 6.42 Å². The minimum Gasteiger partial charge on any atom is -0.444 e. The third-order valence-corrected chi connectivity index (χ3v) is 8.39. The fraction of sp³-hybridized carbons (Fsp3) is 0.568. The molecule has 2 saturated heterocycles. The lowest BCUT2D eigenvalue weighted by Crippen LogP contribution is -2.45. The molecule has 0 radical (unpaired) electrons. The van der Waals surface area contributed by atoms with Crippen LogP contribution < -0.4 is 10.2 Å². The van der Waals surface area contributed by atoms with E-state index in [2.05, 4.69) is 33.3 Å². The summed E-state index contributed by atoms with van der Waals surface area (Å²) in [5.41, 5.74) is 1.79. The van der Waals surface area contributed by atoms with E-state index in [-0.39, 0.29) is 17.9 Å². The number of anilines is 2. The van der Waals surface area contributed by atoms with Crippen molar-refractivity contribution in [1.29, 1.82) is 0 Å². The fourth-order valence-electron chi connectivity index (χ4n) is 6.09. The lowest BCUT2D eigenvalue weighted by atomic mass is 9.96. The van der Waals surface area contributed by atoms with Crippen LogP contribution in [0.15, 0.2) is 42.6 Å². The van der Waals surface area contributed by atoms with Crippen LogP contribution in [0.5, 0.6) is 0 Å². The first kappa shape index (κ1) is 36.7. The molecule has 48 heavy (non-hydrogen) atoms. The number of likely N-dealkylation sites (tertiary alicyclic amines) is 2. The quantitative estimate of drug-likeness (QED) is 0.274. The van der Waals surface area contributed by atoms with E-state index >= 15 is 0 Å². The Bertz CT molecular complexity index is 1560. The highest BCUT2D eigenvalue weighted by atomic mass is 16.6. The summed E-state index contributed by atoms with van der Waals surface area (Å²) in [6, 6.07) is 11.3. The van der Waals surface area contributed by atoms with E-state index in [0.29, 0.717) is 55.6 Å². The van der Waals surface area contributed by atoms with Crippen molar-refractivity contribution < 1.29 is 23.9 Å². The Hall–Kier alpha value is -4.12. The highest BCUT2D eigenvalue weighted by Gasteiger charge is 2.31. The van der Waals surface area contributed by atoms with E-state index in [0.717, 1.165) is 29.6 Å². The van der Waals surface area contributed by atoms with Crippen molar-refractivity contribution in [3.63, 3.8) is 0 Å². The number of rotatable bonds is 6. The van der Waals surface area contributed by atoms with Crippen molar-refractivity contribution in [2.24, 2.45) is 5.92 Å². The zero-order chi connectivity index (χ0) is 35.2. The maximum absolute atomic E-state index is 13.5. The number of hydrogen-bond acceptors (Lipinski definition) is 7. The Morgan fingerprint density at radius 3 is 2.27 bits per heavy atom. The summed E-state index contributed by atoms with van der Waals surface area (Å²) in [6.07, 6.45) is 4.68. The molecule has 11 heteroatoms. The molecule has 2 aliphatic heterocycles. The molecule has 3 amide bonds. The average molecular weight is 663 g/mol. The molecule has 1 aromatic carbocycles. The summed E-state index contributed by atoms with van der Waals surface area (Å²) in [5, 5.41) is 3.92. The van der Waals surface area contributed by atoms with Crippen LogP contribution in [0.3, 0.4) is 0 Å². The molecule has 5 rings (SSSR count). The smallest absolute Gasteiger partial charge is 0.414 e. The second-order valence-corrected chi connectivity index (χ2v) is 14.5. The number of fused-ring (bicyclic) bond motifs is 1. The number of carbonyl (C=O) groups excluding carboxylic acids is 3. The second-order valence-electron chi connectivity index (χ2n) is 14.5. The third-order valence-electron chi connectivity index (χ3n) is 8.39. The van der Waals surface area contributed by atoms with Crippen molar-refractivity contribution in [3.05, 3.63) is 53.9 Å². The zero-order valence-electron chi connectivity index (χ0n) is 30.2. The predicted molar refractivity (Wildman–Crippen MR) is 191 cm³/mol. The summed E-state index contributed by atoms with van der Waals surface area (Å²) in [4.78, 5) is 53.1. The number of piperidine rings is 1. The molecule has 4 heterocycles. The van der Waals surface area contributed by atoms with Gasteiger partial charge in [-0.25, -0.2) is 14.6 Å². The van der Waals surface area contributed by atoms with Gasteiger partial charge in [0.1, 0.15) is 17.0 Å². The molecule has 1 atom stereocenters. The van der Waals surface area contributed by atoms with Crippen molar-refractivity contribution in [1.82, 2.24) is 19.8 Å². The molecule has 2 aliphatic rings. The van der Waals surface area contributed by atoms with Crippen LogP contribution in [0, 0.1) is 5.92 Å². The van der Waals surface area contributed by atoms with Gasteiger partial charge in [-0.15, -0.1) is 0 Å². The van der Waals surface area contributed by atoms with Crippen LogP contribution in [0.2, 0.25) is 0 Å². The standard InChI is InChI=1S/C35H48N6O5.C2H6/c1-34(2,3)45-32(43)40-16-13-23(14-17-40)22-41(33(44)46-35(4,5)6)26-11-8-10-24(18-26)31(42)38-30-20-27-25(21-36-30)19-28(37-27)29-12-9-15-39(29)7;1-2/h8,10-11,18-21,23,29,37H,9,12-17,22H2,1-7H3,(H,36,38,42);1-2H3. The Morgan fingerprint density at radius 1 is 0.958 bits per heavy atom. The number of H-pyrrole nitrogens is 1. The average Bonchev–Trinajstić information content (AvgIpc) is 3.64. The Balaban J connectivity index is 0.00000255. The molecule has 0 aliphatic carbocycles. The molecular formula is C37H54N6O5. The van der Waals surface area contributed by atoms with Gasteiger partial charge in [-0.1, -0.05) is 19.9 Å². The first-order valence-corrected chi connectivity index (χ1v) is 17.2. The zero-order valence-corrected chi connectivity index (χ0v) is 30.2. The fourth-order valence-corrected chi connectivity index (χ4v) is 6.09. The Labute approximate surface area is 285 Å². The van der Waals surface area contributed by atoms with Gasteiger partial charge in [0.2, 0.25) is 0 Å². The van der Waals surface area contributed by atoms with E-state index in [9.17, 15) is 14.4 Å². The summed E-state index contributed by atoms with van der Waals surface area (Å²) in [7, 11) is 2.14. The minimum absolute atomic E-state index is 0.134. The van der Waals surface area contributed by atoms with Crippen LogP contribution in [0.1, 0.15) is 103 Å².